The van der Waals surface area contributed by atoms with Crippen molar-refractivity contribution < 1.29 is 5.11 Å². The first kappa shape index (κ1) is 15.2. The lowest BCUT2D eigenvalue weighted by molar-refractivity contribution is 0.475. The zero-order chi connectivity index (χ0) is 16.4. The quantitative estimate of drug-likeness (QED) is 0.851. The van der Waals surface area contributed by atoms with Crippen molar-refractivity contribution in [3.63, 3.8) is 0 Å². The molecule has 0 saturated carbocycles. The number of hydrogen-bond donors (Lipinski definition) is 2. The van der Waals surface area contributed by atoms with Crippen LogP contribution in [0.1, 0.15) is 24.0 Å². The molecule has 0 aromatic heterocycles. The van der Waals surface area contributed by atoms with Gasteiger partial charge in [-0.1, -0.05) is 48.0 Å². The zero-order valence-electron chi connectivity index (χ0n) is 12.5. The molecule has 0 aliphatic carbocycles. The van der Waals surface area contributed by atoms with Crippen molar-refractivity contribution in [2.75, 3.05) is 0 Å². The first-order valence-corrected chi connectivity index (χ1v) is 7.61. The van der Waals surface area contributed by atoms with Crippen LogP contribution in [0.5, 0.6) is 5.75 Å². The molecule has 1 aliphatic rings. The van der Waals surface area contributed by atoms with Crippen molar-refractivity contribution in [3.8, 4) is 11.8 Å². The van der Waals surface area contributed by atoms with Crippen molar-refractivity contribution in [2.45, 2.75) is 12.8 Å². The second kappa shape index (κ2) is 6.20. The van der Waals surface area contributed by atoms with Gasteiger partial charge in [-0.25, -0.2) is 0 Å². The summed E-state index contributed by atoms with van der Waals surface area (Å²) in [5, 5.41) is 23.1. The summed E-state index contributed by atoms with van der Waals surface area (Å²) in [6.45, 7) is 1.96. The molecule has 1 atom stereocenters. The minimum Gasteiger partial charge on any atom is -0.508 e. The molecule has 3 nitrogen and oxygen atoms in total. The standard InChI is InChI=1S/C19H15ClN2O/c1-12-10-16(13-6-8-14(23)9-7-13)17(11-21)19(22-12)15-4-2-3-5-18(15)20/h2-10,16,22-23H,1H3. The Hall–Kier alpha value is -2.70. The Kier molecular flexibility index (Phi) is 4.10. The van der Waals surface area contributed by atoms with Crippen LogP contribution >= 0.6 is 11.6 Å². The molecule has 4 heteroatoms. The number of phenolic OH excluding ortho intramolecular Hbond substituents is 1. The molecule has 0 spiro atoms. The van der Waals surface area contributed by atoms with Crippen LogP contribution in [0.2, 0.25) is 5.02 Å². The van der Waals surface area contributed by atoms with Crippen molar-refractivity contribution in [1.29, 1.82) is 5.26 Å². The minimum atomic E-state index is -0.173. The highest BCUT2D eigenvalue weighted by atomic mass is 35.5. The van der Waals surface area contributed by atoms with Crippen LogP contribution < -0.4 is 5.32 Å². The van der Waals surface area contributed by atoms with E-state index in [0.29, 0.717) is 10.6 Å². The van der Waals surface area contributed by atoms with E-state index in [9.17, 15) is 10.4 Å². The third-order valence-corrected chi connectivity index (χ3v) is 4.16. The third-order valence-electron chi connectivity index (χ3n) is 3.84. The summed E-state index contributed by atoms with van der Waals surface area (Å²) in [7, 11) is 0. The highest BCUT2D eigenvalue weighted by molar-refractivity contribution is 6.32. The van der Waals surface area contributed by atoms with Gasteiger partial charge in [0.1, 0.15) is 5.75 Å². The average Bonchev–Trinajstić information content (AvgIpc) is 2.55. The number of dihydropyridines is 1. The fourth-order valence-electron chi connectivity index (χ4n) is 2.74. The monoisotopic (exact) mass is 322 g/mol. The first-order valence-electron chi connectivity index (χ1n) is 7.23. The maximum absolute atomic E-state index is 9.72. The van der Waals surface area contributed by atoms with E-state index in [1.165, 1.54) is 0 Å². The van der Waals surface area contributed by atoms with E-state index in [4.69, 9.17) is 11.6 Å². The first-order chi connectivity index (χ1) is 11.1. The van der Waals surface area contributed by atoms with Gasteiger partial charge in [-0.05, 0) is 30.7 Å². The summed E-state index contributed by atoms with van der Waals surface area (Å²) >= 11 is 6.31. The normalized spacial score (nSPS) is 17.3. The maximum Gasteiger partial charge on any atom is 0.115 e. The number of benzene rings is 2. The number of hydrogen-bond acceptors (Lipinski definition) is 3. The second-order valence-electron chi connectivity index (χ2n) is 5.42. The highest BCUT2D eigenvalue weighted by Gasteiger charge is 2.25. The molecule has 114 valence electrons. The van der Waals surface area contributed by atoms with Gasteiger partial charge in [0.25, 0.3) is 0 Å². The molecule has 0 fully saturated rings. The molecular formula is C19H15ClN2O. The molecule has 3 rings (SSSR count). The lowest BCUT2D eigenvalue weighted by Gasteiger charge is -2.25. The van der Waals surface area contributed by atoms with Crippen molar-refractivity contribution in [1.82, 2.24) is 5.32 Å². The van der Waals surface area contributed by atoms with Gasteiger partial charge >= 0.3 is 0 Å². The smallest absolute Gasteiger partial charge is 0.115 e. The van der Waals surface area contributed by atoms with Gasteiger partial charge < -0.3 is 10.4 Å². The Morgan fingerprint density at radius 3 is 2.48 bits per heavy atom. The predicted molar refractivity (Wildman–Crippen MR) is 91.7 cm³/mol. The topological polar surface area (TPSA) is 56.0 Å². The summed E-state index contributed by atoms with van der Waals surface area (Å²) in [6, 6.07) is 16.7. The van der Waals surface area contributed by atoms with Gasteiger partial charge in [0.05, 0.1) is 17.3 Å². The SMILES string of the molecule is CC1=CC(c2ccc(O)cc2)C(C#N)=C(c2ccccc2Cl)N1. The number of rotatable bonds is 2. The van der Waals surface area contributed by atoms with Crippen LogP contribution in [0, 0.1) is 11.3 Å². The number of nitriles is 1. The number of halogens is 1. The molecular weight excluding hydrogens is 308 g/mol. The number of nitrogens with zero attached hydrogens (tertiary/aromatic N) is 1. The predicted octanol–water partition coefficient (Wildman–Crippen LogP) is 4.57. The number of nitrogens with one attached hydrogen (secondary N) is 1. The Bertz CT molecular complexity index is 844. The van der Waals surface area contributed by atoms with E-state index < -0.39 is 0 Å². The van der Waals surface area contributed by atoms with E-state index >= 15 is 0 Å². The summed E-state index contributed by atoms with van der Waals surface area (Å²) in [5.74, 6) is 0.0327. The average molecular weight is 323 g/mol. The lowest BCUT2D eigenvalue weighted by atomic mass is 9.86. The largest absolute Gasteiger partial charge is 0.508 e. The van der Waals surface area contributed by atoms with Gasteiger partial charge in [0, 0.05) is 22.2 Å². The van der Waals surface area contributed by atoms with Crippen LogP contribution in [-0.4, -0.2) is 5.11 Å². The van der Waals surface area contributed by atoms with Gasteiger partial charge in [-0.3, -0.25) is 0 Å². The lowest BCUT2D eigenvalue weighted by Crippen LogP contribution is -2.20. The zero-order valence-corrected chi connectivity index (χ0v) is 13.3. The van der Waals surface area contributed by atoms with Gasteiger partial charge in [-0.2, -0.15) is 5.26 Å². The highest BCUT2D eigenvalue weighted by Crippen LogP contribution is 2.37. The van der Waals surface area contributed by atoms with E-state index in [-0.39, 0.29) is 11.7 Å². The summed E-state index contributed by atoms with van der Waals surface area (Å²) in [6.07, 6.45) is 2.01. The van der Waals surface area contributed by atoms with E-state index in [1.54, 1.807) is 12.1 Å². The van der Waals surface area contributed by atoms with E-state index in [0.717, 1.165) is 22.5 Å². The van der Waals surface area contributed by atoms with Gasteiger partial charge in [0.2, 0.25) is 0 Å². The summed E-state index contributed by atoms with van der Waals surface area (Å²) in [5.41, 5.74) is 4.05. The van der Waals surface area contributed by atoms with E-state index in [1.807, 2.05) is 49.4 Å². The Labute approximate surface area is 140 Å². The van der Waals surface area contributed by atoms with Crippen LogP contribution in [0.15, 0.2) is 65.9 Å². The fourth-order valence-corrected chi connectivity index (χ4v) is 2.97. The van der Waals surface area contributed by atoms with Gasteiger partial charge in [0.15, 0.2) is 0 Å². The minimum absolute atomic E-state index is 0.173. The number of phenols is 1. The summed E-state index contributed by atoms with van der Waals surface area (Å²) in [4.78, 5) is 0. The van der Waals surface area contributed by atoms with Crippen molar-refractivity contribution in [2.24, 2.45) is 0 Å². The Balaban J connectivity index is 2.16. The molecule has 2 N–H and O–H groups in total. The molecule has 0 saturated heterocycles. The van der Waals surface area contributed by atoms with Crippen LogP contribution in [0.4, 0.5) is 0 Å². The van der Waals surface area contributed by atoms with Crippen LogP contribution in [0.3, 0.4) is 0 Å². The van der Waals surface area contributed by atoms with Crippen LogP contribution in [-0.2, 0) is 0 Å². The molecule has 1 heterocycles. The fraction of sp³-hybridized carbons (Fsp3) is 0.105. The number of allylic oxidation sites excluding steroid dienone is 3. The van der Waals surface area contributed by atoms with Crippen molar-refractivity contribution >= 4 is 17.3 Å². The molecule has 0 bridgehead atoms. The molecule has 0 radical (unpaired) electrons. The molecule has 2 aromatic carbocycles. The Morgan fingerprint density at radius 1 is 1.13 bits per heavy atom. The Morgan fingerprint density at radius 2 is 1.83 bits per heavy atom. The molecule has 2 aromatic rings. The second-order valence-corrected chi connectivity index (χ2v) is 5.83. The third kappa shape index (κ3) is 2.94. The van der Waals surface area contributed by atoms with Gasteiger partial charge in [-0.15, -0.1) is 0 Å². The van der Waals surface area contributed by atoms with E-state index in [2.05, 4.69) is 11.4 Å². The molecule has 1 unspecified atom stereocenters. The molecule has 1 aliphatic heterocycles. The number of aromatic hydroxyl groups is 1. The maximum atomic E-state index is 9.72. The summed E-state index contributed by atoms with van der Waals surface area (Å²) < 4.78 is 0. The molecule has 23 heavy (non-hydrogen) atoms. The van der Waals surface area contributed by atoms with Crippen LogP contribution in [0.25, 0.3) is 5.70 Å². The van der Waals surface area contributed by atoms with Crippen molar-refractivity contribution in [3.05, 3.63) is 82.0 Å². The molecule has 0 amide bonds.